The van der Waals surface area contributed by atoms with Gasteiger partial charge in [-0.25, -0.2) is 0 Å². The molecule has 2 fully saturated rings. The molecular formula is C14H14ClNO3. The summed E-state index contributed by atoms with van der Waals surface area (Å²) in [6.45, 7) is 0. The number of anilines is 1. The Morgan fingerprint density at radius 3 is 2.53 bits per heavy atom. The minimum absolute atomic E-state index is 0.0581. The van der Waals surface area contributed by atoms with E-state index < -0.39 is 11.9 Å². The highest BCUT2D eigenvalue weighted by molar-refractivity contribution is 6.30. The SMILES string of the molecule is O=C(O)C1C2CCCC1N(c1ccc(Cl)cc1)C2=O. The fourth-order valence-electron chi connectivity index (χ4n) is 3.34. The van der Waals surface area contributed by atoms with E-state index >= 15 is 0 Å². The average molecular weight is 280 g/mol. The van der Waals surface area contributed by atoms with Crippen molar-refractivity contribution in [2.24, 2.45) is 11.8 Å². The molecule has 1 N–H and O–H groups in total. The Bertz CT molecular complexity index is 528. The Kier molecular flexibility index (Phi) is 2.97. The lowest BCUT2D eigenvalue weighted by Gasteiger charge is -2.28. The number of carboxylic acid groups (broad SMARTS) is 1. The summed E-state index contributed by atoms with van der Waals surface area (Å²) in [6.07, 6.45) is 2.34. The molecule has 19 heavy (non-hydrogen) atoms. The molecule has 1 amide bonds. The fourth-order valence-corrected chi connectivity index (χ4v) is 3.47. The van der Waals surface area contributed by atoms with Gasteiger partial charge in [-0.3, -0.25) is 9.59 Å². The molecular weight excluding hydrogens is 266 g/mol. The molecule has 0 spiro atoms. The monoisotopic (exact) mass is 279 g/mol. The number of fused-ring (bicyclic) bond motifs is 2. The Morgan fingerprint density at radius 2 is 1.95 bits per heavy atom. The number of nitrogens with zero attached hydrogens (tertiary/aromatic N) is 1. The number of aliphatic carboxylic acids is 1. The van der Waals surface area contributed by atoms with Crippen LogP contribution in [0.15, 0.2) is 24.3 Å². The van der Waals surface area contributed by atoms with Gasteiger partial charge in [0, 0.05) is 10.7 Å². The van der Waals surface area contributed by atoms with Gasteiger partial charge in [0.25, 0.3) is 0 Å². The number of amides is 1. The van der Waals surface area contributed by atoms with Crippen molar-refractivity contribution in [2.75, 3.05) is 4.90 Å². The maximum Gasteiger partial charge on any atom is 0.309 e. The zero-order valence-electron chi connectivity index (χ0n) is 10.3. The third-order valence-corrected chi connectivity index (χ3v) is 4.39. The van der Waals surface area contributed by atoms with E-state index in [-0.39, 0.29) is 17.9 Å². The summed E-state index contributed by atoms with van der Waals surface area (Å²) in [5.41, 5.74) is 0.745. The van der Waals surface area contributed by atoms with Gasteiger partial charge in [0.1, 0.15) is 0 Å². The lowest BCUT2D eigenvalue weighted by molar-refractivity contribution is -0.145. The van der Waals surface area contributed by atoms with Gasteiger partial charge in [0.2, 0.25) is 5.91 Å². The van der Waals surface area contributed by atoms with Gasteiger partial charge in [0.15, 0.2) is 0 Å². The Morgan fingerprint density at radius 1 is 1.26 bits per heavy atom. The summed E-state index contributed by atoms with van der Waals surface area (Å²) in [5.74, 6) is -1.86. The van der Waals surface area contributed by atoms with E-state index in [2.05, 4.69) is 0 Å². The minimum Gasteiger partial charge on any atom is -0.481 e. The van der Waals surface area contributed by atoms with Crippen LogP contribution >= 0.6 is 11.6 Å². The third kappa shape index (κ3) is 1.91. The van der Waals surface area contributed by atoms with E-state index in [9.17, 15) is 14.7 Å². The smallest absolute Gasteiger partial charge is 0.309 e. The van der Waals surface area contributed by atoms with Crippen LogP contribution in [0.4, 0.5) is 5.69 Å². The summed E-state index contributed by atoms with van der Waals surface area (Å²) in [5, 5.41) is 9.95. The van der Waals surface area contributed by atoms with Gasteiger partial charge in [-0.15, -0.1) is 0 Å². The number of hydrogen-bond donors (Lipinski definition) is 1. The lowest BCUT2D eigenvalue weighted by atomic mass is 9.79. The summed E-state index contributed by atoms with van der Waals surface area (Å²) in [6, 6.07) is 6.79. The molecule has 1 aromatic rings. The highest BCUT2D eigenvalue weighted by atomic mass is 35.5. The van der Waals surface area contributed by atoms with Crippen LogP contribution in [0, 0.1) is 11.8 Å². The van der Waals surface area contributed by atoms with Crippen LogP contribution in [0.5, 0.6) is 0 Å². The number of hydrogen-bond acceptors (Lipinski definition) is 2. The average Bonchev–Trinajstić information content (AvgIpc) is 2.56. The van der Waals surface area contributed by atoms with Gasteiger partial charge in [-0.2, -0.15) is 0 Å². The van der Waals surface area contributed by atoms with Crippen LogP contribution in [0.2, 0.25) is 5.02 Å². The van der Waals surface area contributed by atoms with Crippen molar-refractivity contribution in [1.29, 1.82) is 0 Å². The Balaban J connectivity index is 2.00. The second kappa shape index (κ2) is 4.53. The van der Waals surface area contributed by atoms with Gasteiger partial charge < -0.3 is 10.0 Å². The number of carbonyl (C=O) groups excluding carboxylic acids is 1. The van der Waals surface area contributed by atoms with Crippen molar-refractivity contribution in [3.05, 3.63) is 29.3 Å². The maximum absolute atomic E-state index is 12.4. The largest absolute Gasteiger partial charge is 0.481 e. The van der Waals surface area contributed by atoms with Crippen molar-refractivity contribution in [1.82, 2.24) is 0 Å². The van der Waals surface area contributed by atoms with Crippen LogP contribution in [-0.4, -0.2) is 23.0 Å². The fraction of sp³-hybridized carbons (Fsp3) is 0.429. The number of carboxylic acids is 1. The van der Waals surface area contributed by atoms with Crippen LogP contribution in [0.3, 0.4) is 0 Å². The van der Waals surface area contributed by atoms with Crippen LogP contribution in [0.25, 0.3) is 0 Å². The second-order valence-electron chi connectivity index (χ2n) is 5.15. The quantitative estimate of drug-likeness (QED) is 0.905. The number of benzene rings is 1. The molecule has 1 heterocycles. The minimum atomic E-state index is -0.862. The Hall–Kier alpha value is -1.55. The molecule has 3 atom stereocenters. The first-order chi connectivity index (χ1) is 9.09. The third-order valence-electron chi connectivity index (χ3n) is 4.14. The molecule has 2 bridgehead atoms. The molecule has 3 unspecified atom stereocenters. The summed E-state index contributed by atoms with van der Waals surface area (Å²) >= 11 is 5.85. The molecule has 0 aromatic heterocycles. The van der Waals surface area contributed by atoms with Crippen LogP contribution < -0.4 is 4.90 Å². The summed E-state index contributed by atoms with van der Waals surface area (Å²) in [7, 11) is 0. The van der Waals surface area contributed by atoms with E-state index in [4.69, 9.17) is 11.6 Å². The zero-order chi connectivity index (χ0) is 13.6. The molecule has 0 radical (unpaired) electrons. The van der Waals surface area contributed by atoms with E-state index in [0.717, 1.165) is 18.5 Å². The molecule has 1 aliphatic heterocycles. The molecule has 4 nitrogen and oxygen atoms in total. The molecule has 1 aliphatic carbocycles. The highest BCUT2D eigenvalue weighted by Crippen LogP contribution is 2.43. The highest BCUT2D eigenvalue weighted by Gasteiger charge is 2.53. The van der Waals surface area contributed by atoms with E-state index in [1.54, 1.807) is 29.2 Å². The molecule has 1 aromatic carbocycles. The van der Waals surface area contributed by atoms with E-state index in [1.165, 1.54) is 0 Å². The standard InChI is InChI=1S/C14H14ClNO3/c15-8-4-6-9(7-5-8)16-11-3-1-2-10(13(16)17)12(11)14(18)19/h4-7,10-12H,1-3H2,(H,18,19). The van der Waals surface area contributed by atoms with Crippen molar-refractivity contribution < 1.29 is 14.7 Å². The first kappa shape index (κ1) is 12.5. The van der Waals surface area contributed by atoms with Crippen molar-refractivity contribution in [3.63, 3.8) is 0 Å². The predicted octanol–water partition coefficient (Wildman–Crippen LogP) is 2.56. The first-order valence-corrected chi connectivity index (χ1v) is 6.79. The molecule has 2 aliphatic rings. The zero-order valence-corrected chi connectivity index (χ0v) is 11.0. The topological polar surface area (TPSA) is 57.6 Å². The van der Waals surface area contributed by atoms with Gasteiger partial charge in [-0.1, -0.05) is 18.0 Å². The van der Waals surface area contributed by atoms with Gasteiger partial charge in [0.05, 0.1) is 17.9 Å². The maximum atomic E-state index is 12.4. The van der Waals surface area contributed by atoms with Crippen molar-refractivity contribution in [3.8, 4) is 0 Å². The number of halogens is 1. The Labute approximate surface area is 116 Å². The molecule has 100 valence electrons. The normalized spacial score (nSPS) is 29.6. The van der Waals surface area contributed by atoms with E-state index in [0.29, 0.717) is 11.4 Å². The first-order valence-electron chi connectivity index (χ1n) is 6.41. The number of rotatable bonds is 2. The van der Waals surface area contributed by atoms with Gasteiger partial charge in [-0.05, 0) is 37.1 Å². The molecule has 5 heteroatoms. The van der Waals surface area contributed by atoms with Crippen molar-refractivity contribution >= 4 is 29.2 Å². The molecule has 1 saturated heterocycles. The van der Waals surface area contributed by atoms with Gasteiger partial charge >= 0.3 is 5.97 Å². The summed E-state index contributed by atoms with van der Waals surface area (Å²) in [4.78, 5) is 25.5. The second-order valence-corrected chi connectivity index (χ2v) is 5.59. The van der Waals surface area contributed by atoms with Crippen molar-refractivity contribution in [2.45, 2.75) is 25.3 Å². The summed E-state index contributed by atoms with van der Waals surface area (Å²) < 4.78 is 0. The van der Waals surface area contributed by atoms with E-state index in [1.807, 2.05) is 0 Å². The molecule has 3 rings (SSSR count). The predicted molar refractivity (Wildman–Crippen MR) is 71.2 cm³/mol. The molecule has 1 saturated carbocycles. The number of carbonyl (C=O) groups is 2. The lowest BCUT2D eigenvalue weighted by Crippen LogP contribution is -2.38. The van der Waals surface area contributed by atoms with Crippen LogP contribution in [-0.2, 0) is 9.59 Å². The van der Waals surface area contributed by atoms with Crippen LogP contribution in [0.1, 0.15) is 19.3 Å².